The Balaban J connectivity index is 1.54. The summed E-state index contributed by atoms with van der Waals surface area (Å²) in [5, 5.41) is 9.59. The zero-order chi connectivity index (χ0) is 20.8. The molecule has 0 spiro atoms. The van der Waals surface area contributed by atoms with Crippen LogP contribution in [-0.4, -0.2) is 16.8 Å². The minimum absolute atomic E-state index is 0.144. The van der Waals surface area contributed by atoms with Gasteiger partial charge < -0.3 is 10.6 Å². The van der Waals surface area contributed by atoms with Crippen molar-refractivity contribution in [2.24, 2.45) is 0 Å². The van der Waals surface area contributed by atoms with E-state index in [9.17, 15) is 9.59 Å². The Morgan fingerprint density at radius 2 is 1.77 bits per heavy atom. The number of nitrogens with one attached hydrogen (secondary N) is 2. The van der Waals surface area contributed by atoms with Gasteiger partial charge in [0.05, 0.1) is 4.88 Å². The zero-order valence-electron chi connectivity index (χ0n) is 15.6. The molecule has 5 nitrogen and oxygen atoms in total. The van der Waals surface area contributed by atoms with E-state index in [4.69, 9.17) is 0 Å². The molecule has 4 rings (SSSR count). The Morgan fingerprint density at radius 1 is 0.900 bits per heavy atom. The summed E-state index contributed by atoms with van der Waals surface area (Å²) in [5.74, 6) is -0.289. The molecule has 2 N–H and O–H groups in total. The van der Waals surface area contributed by atoms with Crippen LogP contribution in [0.3, 0.4) is 0 Å². The van der Waals surface area contributed by atoms with Crippen LogP contribution in [0, 0.1) is 0 Å². The number of nitrogens with zero attached hydrogens (tertiary/aromatic N) is 1. The molecule has 0 saturated heterocycles. The van der Waals surface area contributed by atoms with Gasteiger partial charge in [0.25, 0.3) is 5.91 Å². The van der Waals surface area contributed by atoms with Crippen molar-refractivity contribution in [1.29, 1.82) is 0 Å². The second-order valence-corrected chi connectivity index (χ2v) is 9.22. The number of hydrogen-bond donors (Lipinski definition) is 2. The topological polar surface area (TPSA) is 71.1 Å². The van der Waals surface area contributed by atoms with Crippen LogP contribution in [-0.2, 0) is 4.79 Å². The molecule has 30 heavy (non-hydrogen) atoms. The number of thioether (sulfide) groups is 1. The van der Waals surface area contributed by atoms with Crippen LogP contribution >= 0.6 is 34.4 Å². The minimum Gasteiger partial charge on any atom is -0.321 e. The van der Waals surface area contributed by atoms with Crippen molar-refractivity contribution in [3.63, 3.8) is 0 Å². The summed E-state index contributed by atoms with van der Waals surface area (Å²) in [4.78, 5) is 31.0. The van der Waals surface area contributed by atoms with Gasteiger partial charge in [-0.15, -0.1) is 34.4 Å². The van der Waals surface area contributed by atoms with E-state index in [1.165, 1.54) is 34.4 Å². The van der Waals surface area contributed by atoms with Gasteiger partial charge in [-0.05, 0) is 35.2 Å². The van der Waals surface area contributed by atoms with Gasteiger partial charge in [0.1, 0.15) is 5.25 Å². The first-order chi connectivity index (χ1) is 14.7. The Hall–Kier alpha value is -2.94. The molecule has 0 aliphatic rings. The molecule has 0 fully saturated rings. The summed E-state index contributed by atoms with van der Waals surface area (Å²) in [6.07, 6.45) is 1.66. The fourth-order valence-electron chi connectivity index (χ4n) is 2.74. The van der Waals surface area contributed by atoms with Crippen LogP contribution in [0.2, 0.25) is 0 Å². The Bertz CT molecular complexity index is 1110. The summed E-state index contributed by atoms with van der Waals surface area (Å²) in [6.45, 7) is 0. The maximum atomic E-state index is 13.0. The fourth-order valence-corrected chi connectivity index (χ4v) is 4.97. The van der Waals surface area contributed by atoms with Crippen LogP contribution in [0.25, 0.3) is 0 Å². The predicted molar refractivity (Wildman–Crippen MR) is 124 cm³/mol. The highest BCUT2D eigenvalue weighted by molar-refractivity contribution is 8.00. The van der Waals surface area contributed by atoms with E-state index < -0.39 is 5.25 Å². The quantitative estimate of drug-likeness (QED) is 0.342. The highest BCUT2D eigenvalue weighted by atomic mass is 32.2. The van der Waals surface area contributed by atoms with Gasteiger partial charge in [0.2, 0.25) is 5.91 Å². The molecule has 0 aliphatic heterocycles. The van der Waals surface area contributed by atoms with Crippen LogP contribution < -0.4 is 10.6 Å². The van der Waals surface area contributed by atoms with E-state index in [-0.39, 0.29) is 11.8 Å². The van der Waals surface area contributed by atoms with E-state index >= 15 is 0 Å². The number of anilines is 2. The smallest absolute Gasteiger partial charge is 0.265 e. The molecule has 2 heterocycles. The van der Waals surface area contributed by atoms with E-state index in [0.717, 1.165) is 10.5 Å². The van der Waals surface area contributed by atoms with Crippen molar-refractivity contribution in [2.45, 2.75) is 10.1 Å². The number of hydrogen-bond acceptors (Lipinski definition) is 6. The summed E-state index contributed by atoms with van der Waals surface area (Å²) in [6, 6.07) is 20.8. The Kier molecular flexibility index (Phi) is 6.58. The van der Waals surface area contributed by atoms with Crippen molar-refractivity contribution < 1.29 is 9.59 Å². The lowest BCUT2D eigenvalue weighted by Gasteiger charge is -2.17. The van der Waals surface area contributed by atoms with E-state index in [2.05, 4.69) is 15.6 Å². The largest absolute Gasteiger partial charge is 0.321 e. The summed E-state index contributed by atoms with van der Waals surface area (Å²) in [5.41, 5.74) is 1.58. The third-order valence-electron chi connectivity index (χ3n) is 4.09. The van der Waals surface area contributed by atoms with Gasteiger partial charge >= 0.3 is 0 Å². The molecular weight excluding hydrogens is 434 g/mol. The van der Waals surface area contributed by atoms with Gasteiger partial charge in [-0.1, -0.05) is 42.5 Å². The van der Waals surface area contributed by atoms with Crippen molar-refractivity contribution in [3.05, 3.63) is 94.1 Å². The predicted octanol–water partition coefficient (Wildman–Crippen LogP) is 5.93. The van der Waals surface area contributed by atoms with Crippen molar-refractivity contribution in [1.82, 2.24) is 4.98 Å². The fraction of sp³-hybridized carbons (Fsp3) is 0.0455. The third-order valence-corrected chi connectivity index (χ3v) is 6.90. The second-order valence-electron chi connectivity index (χ2n) is 6.19. The van der Waals surface area contributed by atoms with Crippen LogP contribution in [0.1, 0.15) is 20.5 Å². The van der Waals surface area contributed by atoms with Crippen LogP contribution in [0.15, 0.2) is 88.6 Å². The van der Waals surface area contributed by atoms with Gasteiger partial charge in [-0.25, -0.2) is 4.98 Å². The number of aromatic nitrogens is 1. The summed E-state index contributed by atoms with van der Waals surface area (Å²) in [7, 11) is 0. The molecule has 0 aliphatic carbocycles. The molecule has 0 saturated carbocycles. The number of carbonyl (C=O) groups excluding carboxylic acids is 2. The minimum atomic E-state index is -0.460. The number of rotatable bonds is 7. The molecule has 2 aromatic carbocycles. The number of thiophene rings is 1. The number of amides is 2. The molecule has 8 heteroatoms. The standard InChI is InChI=1S/C22H17N3O2S3/c26-20(18-10-5-12-28-18)24-16-8-4-9-17(14-16)30-19(15-6-2-1-3-7-15)21(27)25-22-23-11-13-29-22/h1-14,19H,(H,24,26)(H,23,25,27). The third kappa shape index (κ3) is 5.15. The first-order valence-corrected chi connectivity index (χ1v) is 11.7. The van der Waals surface area contributed by atoms with Crippen LogP contribution in [0.5, 0.6) is 0 Å². The normalized spacial score (nSPS) is 11.6. The molecule has 0 bridgehead atoms. The van der Waals surface area contributed by atoms with E-state index in [1.54, 1.807) is 12.3 Å². The molecule has 4 aromatic rings. The number of thiazole rings is 1. The summed E-state index contributed by atoms with van der Waals surface area (Å²) < 4.78 is 0. The lowest BCUT2D eigenvalue weighted by atomic mass is 10.1. The average Bonchev–Trinajstić information content (AvgIpc) is 3.47. The summed E-state index contributed by atoms with van der Waals surface area (Å²) >= 11 is 4.20. The van der Waals surface area contributed by atoms with Gasteiger partial charge in [0, 0.05) is 22.2 Å². The number of carbonyl (C=O) groups is 2. The maximum absolute atomic E-state index is 13.0. The average molecular weight is 452 g/mol. The molecule has 150 valence electrons. The van der Waals surface area contributed by atoms with Crippen molar-refractivity contribution in [2.75, 3.05) is 10.6 Å². The SMILES string of the molecule is O=C(Nc1cccc(SC(C(=O)Nc2nccs2)c2ccccc2)c1)c1cccs1. The van der Waals surface area contributed by atoms with E-state index in [0.29, 0.717) is 15.7 Å². The first-order valence-electron chi connectivity index (χ1n) is 9.06. The van der Waals surface area contributed by atoms with Gasteiger partial charge in [0.15, 0.2) is 5.13 Å². The van der Waals surface area contributed by atoms with Crippen molar-refractivity contribution >= 4 is 57.1 Å². The highest BCUT2D eigenvalue weighted by Gasteiger charge is 2.23. The zero-order valence-corrected chi connectivity index (χ0v) is 18.1. The molecule has 1 atom stereocenters. The molecule has 0 radical (unpaired) electrons. The van der Waals surface area contributed by atoms with Gasteiger partial charge in [-0.3, -0.25) is 9.59 Å². The van der Waals surface area contributed by atoms with Crippen molar-refractivity contribution in [3.8, 4) is 0 Å². The Morgan fingerprint density at radius 3 is 2.50 bits per heavy atom. The second kappa shape index (κ2) is 9.71. The lowest BCUT2D eigenvalue weighted by molar-refractivity contribution is -0.115. The van der Waals surface area contributed by atoms with Crippen LogP contribution in [0.4, 0.5) is 10.8 Å². The molecule has 2 aromatic heterocycles. The molecule has 2 amide bonds. The first kappa shape index (κ1) is 20.3. The molecule has 1 unspecified atom stereocenters. The molecular formula is C22H17N3O2S3. The van der Waals surface area contributed by atoms with Gasteiger partial charge in [-0.2, -0.15) is 0 Å². The van der Waals surface area contributed by atoms with E-state index in [1.807, 2.05) is 71.4 Å². The lowest BCUT2D eigenvalue weighted by Crippen LogP contribution is -2.19. The maximum Gasteiger partial charge on any atom is 0.265 e. The highest BCUT2D eigenvalue weighted by Crippen LogP contribution is 2.37. The Labute approximate surface area is 186 Å². The monoisotopic (exact) mass is 451 g/mol. The number of benzene rings is 2.